The summed E-state index contributed by atoms with van der Waals surface area (Å²) in [5.74, 6) is 0. The Kier molecular flexibility index (Phi) is 2.81. The molecule has 66 valence electrons. The average molecular weight is 284 g/mol. The van der Waals surface area contributed by atoms with Crippen molar-refractivity contribution in [3.05, 3.63) is 21.0 Å². The maximum absolute atomic E-state index is 12.2. The molecule has 0 atom stereocenters. The molecule has 5 heteroatoms. The highest BCUT2D eigenvalue weighted by molar-refractivity contribution is 14.1. The van der Waals surface area contributed by atoms with Crippen molar-refractivity contribution in [2.45, 2.75) is 13.3 Å². The molecule has 1 rings (SSSR count). The Hall–Kier alpha value is -0.460. The van der Waals surface area contributed by atoms with Gasteiger partial charge in [-0.3, -0.25) is 0 Å². The summed E-state index contributed by atoms with van der Waals surface area (Å²) < 4.78 is 25.0. The maximum atomic E-state index is 12.2. The number of halogens is 3. The number of hydrogen-bond donors (Lipinski definition) is 1. The van der Waals surface area contributed by atoms with Crippen LogP contribution >= 0.6 is 22.6 Å². The smallest absolute Gasteiger partial charge is 0.265 e. The van der Waals surface area contributed by atoms with Crippen LogP contribution < -0.4 is 5.73 Å². The van der Waals surface area contributed by atoms with Crippen LogP contribution in [0.1, 0.15) is 17.7 Å². The molecule has 0 aliphatic heterocycles. The minimum absolute atomic E-state index is 0.0899. The summed E-state index contributed by atoms with van der Waals surface area (Å²) in [7, 11) is 0. The fourth-order valence-electron chi connectivity index (χ4n) is 0.829. The first-order chi connectivity index (χ1) is 5.52. The lowest BCUT2D eigenvalue weighted by atomic mass is 10.2. The summed E-state index contributed by atoms with van der Waals surface area (Å²) in [6.07, 6.45) is -2.50. The molecule has 1 aromatic heterocycles. The van der Waals surface area contributed by atoms with Gasteiger partial charge in [-0.2, -0.15) is 0 Å². The lowest BCUT2D eigenvalue weighted by Gasteiger charge is -2.05. The number of aromatic nitrogens is 1. The van der Waals surface area contributed by atoms with Crippen LogP contribution in [0.5, 0.6) is 0 Å². The number of alkyl halides is 2. The molecular weight excluding hydrogens is 277 g/mol. The summed E-state index contributed by atoms with van der Waals surface area (Å²) >= 11 is 1.91. The van der Waals surface area contributed by atoms with E-state index in [0.717, 1.165) is 0 Å². The highest BCUT2D eigenvalue weighted by Crippen LogP contribution is 2.25. The number of rotatable bonds is 1. The average Bonchev–Trinajstić information content (AvgIpc) is 1.96. The van der Waals surface area contributed by atoms with Crippen molar-refractivity contribution in [2.75, 3.05) is 5.73 Å². The molecule has 0 bridgehead atoms. The second-order valence-corrected chi connectivity index (χ2v) is 3.37. The largest absolute Gasteiger partial charge is 0.397 e. The van der Waals surface area contributed by atoms with Crippen molar-refractivity contribution >= 4 is 28.3 Å². The standard InChI is InChI=1S/C7H7F2IN2/c1-3-4(6(8)9)2-5(11)7(10)12-3/h2,6H,11H2,1H3. The summed E-state index contributed by atoms with van der Waals surface area (Å²) in [6, 6.07) is 1.27. The SMILES string of the molecule is Cc1nc(I)c(N)cc1C(F)F. The van der Waals surface area contributed by atoms with Crippen molar-refractivity contribution in [1.82, 2.24) is 4.98 Å². The number of nitrogen functional groups attached to an aromatic ring is 1. The van der Waals surface area contributed by atoms with Crippen LogP contribution in [0.3, 0.4) is 0 Å². The van der Waals surface area contributed by atoms with Gasteiger partial charge in [0.05, 0.1) is 5.69 Å². The van der Waals surface area contributed by atoms with E-state index in [1.165, 1.54) is 6.07 Å². The molecule has 0 amide bonds. The van der Waals surface area contributed by atoms with Crippen LogP contribution in [-0.2, 0) is 0 Å². The summed E-state index contributed by atoms with van der Waals surface area (Å²) in [4.78, 5) is 3.88. The molecule has 0 aromatic carbocycles. The second kappa shape index (κ2) is 3.51. The van der Waals surface area contributed by atoms with E-state index >= 15 is 0 Å². The number of nitrogens with zero attached hydrogens (tertiary/aromatic N) is 1. The van der Waals surface area contributed by atoms with Crippen molar-refractivity contribution in [3.8, 4) is 0 Å². The van der Waals surface area contributed by atoms with E-state index in [0.29, 0.717) is 15.1 Å². The summed E-state index contributed by atoms with van der Waals surface area (Å²) in [6.45, 7) is 1.54. The van der Waals surface area contributed by atoms with Gasteiger partial charge in [0, 0.05) is 11.3 Å². The molecule has 0 fully saturated rings. The van der Waals surface area contributed by atoms with Crippen molar-refractivity contribution < 1.29 is 8.78 Å². The Morgan fingerprint density at radius 1 is 1.58 bits per heavy atom. The minimum Gasteiger partial charge on any atom is -0.397 e. The summed E-state index contributed by atoms with van der Waals surface area (Å²) in [5.41, 5.74) is 5.97. The molecule has 0 saturated heterocycles. The van der Waals surface area contributed by atoms with Gasteiger partial charge in [0.2, 0.25) is 0 Å². The van der Waals surface area contributed by atoms with Gasteiger partial charge in [-0.05, 0) is 35.6 Å². The zero-order valence-corrected chi connectivity index (χ0v) is 8.47. The molecular formula is C7H7F2IN2. The zero-order chi connectivity index (χ0) is 9.30. The van der Waals surface area contributed by atoms with E-state index < -0.39 is 6.43 Å². The predicted octanol–water partition coefficient (Wildman–Crippen LogP) is 2.51. The fraction of sp³-hybridized carbons (Fsp3) is 0.286. The normalized spacial score (nSPS) is 10.8. The third-order valence-electron chi connectivity index (χ3n) is 1.47. The molecule has 1 aromatic rings. The van der Waals surface area contributed by atoms with Crippen LogP contribution in [-0.4, -0.2) is 4.98 Å². The van der Waals surface area contributed by atoms with Crippen LogP contribution in [0.2, 0.25) is 0 Å². The number of aryl methyl sites for hydroxylation is 1. The van der Waals surface area contributed by atoms with E-state index in [1.807, 2.05) is 22.6 Å². The molecule has 12 heavy (non-hydrogen) atoms. The highest BCUT2D eigenvalue weighted by Gasteiger charge is 2.13. The Bertz CT molecular complexity index is 302. The van der Waals surface area contributed by atoms with Gasteiger partial charge in [-0.1, -0.05) is 0 Å². The highest BCUT2D eigenvalue weighted by atomic mass is 127. The van der Waals surface area contributed by atoms with E-state index in [4.69, 9.17) is 5.73 Å². The molecule has 0 unspecified atom stereocenters. The molecule has 0 radical (unpaired) electrons. The van der Waals surface area contributed by atoms with Gasteiger partial charge < -0.3 is 5.73 Å². The Labute approximate surface area is 82.3 Å². The summed E-state index contributed by atoms with van der Waals surface area (Å²) in [5, 5.41) is 0. The lowest BCUT2D eigenvalue weighted by molar-refractivity contribution is 0.150. The van der Waals surface area contributed by atoms with E-state index in [1.54, 1.807) is 6.92 Å². The lowest BCUT2D eigenvalue weighted by Crippen LogP contribution is -2.00. The third kappa shape index (κ3) is 1.82. The number of nitrogens with two attached hydrogens (primary N) is 1. The van der Waals surface area contributed by atoms with Crippen LogP contribution in [0.15, 0.2) is 6.07 Å². The molecule has 0 saturated carbocycles. The number of pyridine rings is 1. The van der Waals surface area contributed by atoms with Gasteiger partial charge in [0.25, 0.3) is 6.43 Å². The Balaban J connectivity index is 3.23. The van der Waals surface area contributed by atoms with Crippen molar-refractivity contribution in [2.24, 2.45) is 0 Å². The zero-order valence-electron chi connectivity index (χ0n) is 6.31. The Morgan fingerprint density at radius 2 is 2.17 bits per heavy atom. The van der Waals surface area contributed by atoms with Gasteiger partial charge >= 0.3 is 0 Å². The maximum Gasteiger partial charge on any atom is 0.265 e. The van der Waals surface area contributed by atoms with Gasteiger partial charge in [-0.15, -0.1) is 0 Å². The number of hydrogen-bond acceptors (Lipinski definition) is 2. The van der Waals surface area contributed by atoms with E-state index in [-0.39, 0.29) is 5.56 Å². The van der Waals surface area contributed by atoms with Crippen LogP contribution in [0.4, 0.5) is 14.5 Å². The number of anilines is 1. The monoisotopic (exact) mass is 284 g/mol. The minimum atomic E-state index is -2.50. The Morgan fingerprint density at radius 3 is 2.67 bits per heavy atom. The van der Waals surface area contributed by atoms with Gasteiger partial charge in [0.15, 0.2) is 0 Å². The molecule has 1 heterocycles. The molecule has 0 aliphatic rings. The van der Waals surface area contributed by atoms with Gasteiger partial charge in [0.1, 0.15) is 3.70 Å². The molecule has 2 nitrogen and oxygen atoms in total. The molecule has 0 spiro atoms. The van der Waals surface area contributed by atoms with Gasteiger partial charge in [-0.25, -0.2) is 13.8 Å². The third-order valence-corrected chi connectivity index (χ3v) is 2.33. The van der Waals surface area contributed by atoms with Crippen molar-refractivity contribution in [1.29, 1.82) is 0 Å². The molecule has 2 N–H and O–H groups in total. The molecule has 0 aliphatic carbocycles. The topological polar surface area (TPSA) is 38.9 Å². The second-order valence-electron chi connectivity index (χ2n) is 2.34. The van der Waals surface area contributed by atoms with Crippen LogP contribution in [0.25, 0.3) is 0 Å². The van der Waals surface area contributed by atoms with Crippen LogP contribution in [0, 0.1) is 10.6 Å². The fourth-order valence-corrected chi connectivity index (χ4v) is 1.35. The van der Waals surface area contributed by atoms with Crippen molar-refractivity contribution in [3.63, 3.8) is 0 Å². The van der Waals surface area contributed by atoms with E-state index in [2.05, 4.69) is 4.98 Å². The first-order valence-electron chi connectivity index (χ1n) is 3.23. The quantitative estimate of drug-likeness (QED) is 0.635. The van der Waals surface area contributed by atoms with E-state index in [9.17, 15) is 8.78 Å². The first kappa shape index (κ1) is 9.63. The predicted molar refractivity (Wildman–Crippen MR) is 51.1 cm³/mol. The first-order valence-corrected chi connectivity index (χ1v) is 4.31.